The summed E-state index contributed by atoms with van der Waals surface area (Å²) in [6.07, 6.45) is 3.91. The Morgan fingerprint density at radius 1 is 0.857 bits per heavy atom. The third-order valence-electron chi connectivity index (χ3n) is 6.68. The molecule has 0 amide bonds. The number of benzene rings is 1. The van der Waals surface area contributed by atoms with E-state index in [1.807, 2.05) is 0 Å². The number of rotatable bonds is 6. The van der Waals surface area contributed by atoms with Gasteiger partial charge in [0.1, 0.15) is 0 Å². The first-order chi connectivity index (χ1) is 13.4. The van der Waals surface area contributed by atoms with Crippen molar-refractivity contribution in [3.63, 3.8) is 0 Å². The van der Waals surface area contributed by atoms with E-state index in [-0.39, 0.29) is 0 Å². The first-order valence-electron chi connectivity index (χ1n) is 10.7. The number of unbranched alkanes of at least 4 members (excludes halogenated alkanes) is 1. The van der Waals surface area contributed by atoms with Gasteiger partial charge in [-0.05, 0) is 49.1 Å². The van der Waals surface area contributed by atoms with E-state index < -0.39 is 10.0 Å². The molecule has 0 spiro atoms. The van der Waals surface area contributed by atoms with Gasteiger partial charge in [0.15, 0.2) is 0 Å². The molecule has 156 valence electrons. The van der Waals surface area contributed by atoms with Gasteiger partial charge in [0.2, 0.25) is 10.0 Å². The maximum atomic E-state index is 11.7. The third-order valence-corrected chi connectivity index (χ3v) is 7.98. The van der Waals surface area contributed by atoms with Crippen molar-refractivity contribution >= 4 is 21.4 Å². The molecule has 0 bridgehead atoms. The van der Waals surface area contributed by atoms with Crippen LogP contribution < -0.4 is 9.80 Å². The molecule has 0 aromatic heterocycles. The molecule has 3 heterocycles. The first-order valence-corrected chi connectivity index (χ1v) is 12.6. The molecule has 0 saturated carbocycles. The number of fused-ring (bicyclic) bond motifs is 1. The summed E-state index contributed by atoms with van der Waals surface area (Å²) in [6, 6.07) is 8.89. The molecule has 3 aliphatic rings. The second-order valence-corrected chi connectivity index (χ2v) is 10.7. The summed E-state index contributed by atoms with van der Waals surface area (Å²) in [7, 11) is -3.07. The predicted molar refractivity (Wildman–Crippen MR) is 116 cm³/mol. The highest BCUT2D eigenvalue weighted by Crippen LogP contribution is 2.34. The maximum absolute atomic E-state index is 11.7. The number of likely N-dealkylation sites (tertiary alicyclic amines) is 1. The van der Waals surface area contributed by atoms with Gasteiger partial charge < -0.3 is 14.7 Å². The lowest BCUT2D eigenvalue weighted by atomic mass is 10.0. The van der Waals surface area contributed by atoms with Gasteiger partial charge in [-0.15, -0.1) is 0 Å². The van der Waals surface area contributed by atoms with Gasteiger partial charge >= 0.3 is 0 Å². The van der Waals surface area contributed by atoms with Crippen LogP contribution in [-0.4, -0.2) is 82.8 Å². The number of anilines is 2. The van der Waals surface area contributed by atoms with Crippen LogP contribution in [0.1, 0.15) is 19.8 Å². The van der Waals surface area contributed by atoms with Crippen LogP contribution in [0.3, 0.4) is 0 Å². The van der Waals surface area contributed by atoms with Crippen LogP contribution >= 0.6 is 0 Å². The summed E-state index contributed by atoms with van der Waals surface area (Å²) >= 11 is 0. The van der Waals surface area contributed by atoms with Crippen LogP contribution in [0.2, 0.25) is 0 Å². The topological polar surface area (TPSA) is 47.1 Å². The van der Waals surface area contributed by atoms with Gasteiger partial charge in [-0.25, -0.2) is 8.42 Å². The molecule has 3 aliphatic heterocycles. The normalized spacial score (nSPS) is 26.8. The van der Waals surface area contributed by atoms with Gasteiger partial charge in [-0.1, -0.05) is 13.3 Å². The minimum absolute atomic E-state index is 0.574. The average molecular weight is 407 g/mol. The van der Waals surface area contributed by atoms with Gasteiger partial charge in [0, 0.05) is 63.7 Å². The molecule has 28 heavy (non-hydrogen) atoms. The first kappa shape index (κ1) is 20.0. The second-order valence-electron chi connectivity index (χ2n) is 8.70. The quantitative estimate of drug-likeness (QED) is 0.723. The number of hydrogen-bond acceptors (Lipinski definition) is 5. The molecular formula is C21H34N4O2S. The fraction of sp³-hybridized carbons (Fsp3) is 0.714. The van der Waals surface area contributed by atoms with Crippen molar-refractivity contribution in [2.45, 2.75) is 19.8 Å². The molecule has 0 N–H and O–H groups in total. The van der Waals surface area contributed by atoms with Crippen LogP contribution in [0, 0.1) is 11.8 Å². The molecule has 4 rings (SSSR count). The smallest absolute Gasteiger partial charge is 0.211 e. The van der Waals surface area contributed by atoms with E-state index in [4.69, 9.17) is 0 Å². The molecule has 0 unspecified atom stereocenters. The molecule has 1 aromatic carbocycles. The summed E-state index contributed by atoms with van der Waals surface area (Å²) < 4.78 is 24.9. The van der Waals surface area contributed by atoms with Gasteiger partial charge in [0.25, 0.3) is 0 Å². The van der Waals surface area contributed by atoms with E-state index in [9.17, 15) is 8.42 Å². The lowest BCUT2D eigenvalue weighted by molar-refractivity contribution is 0.311. The van der Waals surface area contributed by atoms with Crippen LogP contribution in [0.5, 0.6) is 0 Å². The zero-order chi connectivity index (χ0) is 19.7. The van der Waals surface area contributed by atoms with Crippen molar-refractivity contribution in [3.05, 3.63) is 24.3 Å². The Labute approximate surface area is 170 Å². The number of piperazine rings is 1. The Hall–Kier alpha value is -1.31. The molecule has 6 nitrogen and oxygen atoms in total. The number of hydrogen-bond donors (Lipinski definition) is 0. The van der Waals surface area contributed by atoms with Crippen LogP contribution in [0.4, 0.5) is 11.4 Å². The van der Waals surface area contributed by atoms with E-state index >= 15 is 0 Å². The van der Waals surface area contributed by atoms with Crippen LogP contribution in [-0.2, 0) is 10.0 Å². The summed E-state index contributed by atoms with van der Waals surface area (Å²) in [4.78, 5) is 7.50. The lowest BCUT2D eigenvalue weighted by Crippen LogP contribution is -2.48. The Balaban J connectivity index is 1.31. The van der Waals surface area contributed by atoms with Crippen LogP contribution in [0.15, 0.2) is 24.3 Å². The minimum atomic E-state index is -3.07. The molecule has 3 fully saturated rings. The van der Waals surface area contributed by atoms with Gasteiger partial charge in [0.05, 0.1) is 6.26 Å². The minimum Gasteiger partial charge on any atom is -0.371 e. The Morgan fingerprint density at radius 2 is 1.39 bits per heavy atom. The molecule has 3 saturated heterocycles. The highest BCUT2D eigenvalue weighted by atomic mass is 32.2. The molecule has 7 heteroatoms. The maximum Gasteiger partial charge on any atom is 0.211 e. The van der Waals surface area contributed by atoms with E-state index in [1.54, 1.807) is 4.31 Å². The summed E-state index contributed by atoms with van der Waals surface area (Å²) in [5, 5.41) is 0. The fourth-order valence-corrected chi connectivity index (χ4v) is 5.84. The van der Waals surface area contributed by atoms with Gasteiger partial charge in [-0.3, -0.25) is 0 Å². The van der Waals surface area contributed by atoms with E-state index in [1.165, 1.54) is 63.2 Å². The molecule has 0 radical (unpaired) electrons. The summed E-state index contributed by atoms with van der Waals surface area (Å²) in [5.74, 6) is 1.64. The Kier molecular flexibility index (Phi) is 5.86. The summed E-state index contributed by atoms with van der Waals surface area (Å²) in [5.41, 5.74) is 2.52. The Bertz CT molecular complexity index is 745. The summed E-state index contributed by atoms with van der Waals surface area (Å²) in [6.45, 7) is 11.1. The van der Waals surface area contributed by atoms with Gasteiger partial charge in [-0.2, -0.15) is 4.31 Å². The van der Waals surface area contributed by atoms with Crippen molar-refractivity contribution in [1.29, 1.82) is 0 Å². The van der Waals surface area contributed by atoms with Crippen molar-refractivity contribution in [2.75, 3.05) is 75.0 Å². The van der Waals surface area contributed by atoms with E-state index in [0.29, 0.717) is 13.1 Å². The second kappa shape index (κ2) is 8.20. The predicted octanol–water partition coefficient (Wildman–Crippen LogP) is 1.94. The van der Waals surface area contributed by atoms with E-state index in [0.717, 1.165) is 24.9 Å². The molecule has 1 aromatic rings. The van der Waals surface area contributed by atoms with Crippen LogP contribution in [0.25, 0.3) is 0 Å². The number of sulfonamides is 1. The SMILES string of the molecule is CCCCN1C[C@@H]2CN(c3ccc(N4CCN(S(C)(=O)=O)CC4)cc3)C[C@@H]2C1. The van der Waals surface area contributed by atoms with Crippen molar-refractivity contribution < 1.29 is 8.42 Å². The molecule has 2 atom stereocenters. The highest BCUT2D eigenvalue weighted by molar-refractivity contribution is 7.88. The monoisotopic (exact) mass is 406 g/mol. The fourth-order valence-electron chi connectivity index (χ4n) is 5.02. The van der Waals surface area contributed by atoms with Crippen molar-refractivity contribution in [1.82, 2.24) is 9.21 Å². The largest absolute Gasteiger partial charge is 0.371 e. The zero-order valence-electron chi connectivity index (χ0n) is 17.3. The standard InChI is InChI=1S/C21H34N4O2S/c1-3-4-9-22-14-18-16-24(17-19(18)15-22)21-7-5-20(6-8-21)23-10-12-25(13-11-23)28(2,26)27/h5-8,18-19H,3-4,9-17H2,1-2H3/t18-,19+. The third kappa shape index (κ3) is 4.31. The highest BCUT2D eigenvalue weighted by Gasteiger charge is 2.39. The average Bonchev–Trinajstić information content (AvgIpc) is 3.25. The molecule has 0 aliphatic carbocycles. The van der Waals surface area contributed by atoms with Crippen molar-refractivity contribution in [3.8, 4) is 0 Å². The molecular weight excluding hydrogens is 372 g/mol. The van der Waals surface area contributed by atoms with Crippen molar-refractivity contribution in [2.24, 2.45) is 11.8 Å². The lowest BCUT2D eigenvalue weighted by Gasteiger charge is -2.35. The zero-order valence-corrected chi connectivity index (χ0v) is 18.1. The number of nitrogens with zero attached hydrogens (tertiary/aromatic N) is 4. The Morgan fingerprint density at radius 3 is 1.89 bits per heavy atom. The van der Waals surface area contributed by atoms with E-state index in [2.05, 4.69) is 45.9 Å².